The van der Waals surface area contributed by atoms with Crippen LogP contribution in [0.4, 0.5) is 0 Å². The summed E-state index contributed by atoms with van der Waals surface area (Å²) in [5, 5.41) is 36.3. The average molecular weight is 1030 g/mol. The van der Waals surface area contributed by atoms with Crippen LogP contribution in [0.2, 0.25) is 0 Å². The van der Waals surface area contributed by atoms with Crippen LogP contribution in [-0.2, 0) is 5.41 Å². The number of fused-ring (bicyclic) bond motifs is 19. The van der Waals surface area contributed by atoms with Gasteiger partial charge in [-0.1, -0.05) is 202 Å². The van der Waals surface area contributed by atoms with E-state index in [1.807, 2.05) is 0 Å². The normalized spacial score (nSPS) is 12.9. The van der Waals surface area contributed by atoms with Gasteiger partial charge in [0.2, 0.25) is 0 Å². The van der Waals surface area contributed by atoms with Gasteiger partial charge in [-0.05, 0) is 87.6 Å². The lowest BCUT2D eigenvalue weighted by Gasteiger charge is -2.27. The van der Waals surface area contributed by atoms with Gasteiger partial charge in [-0.15, -0.1) is 0 Å². The van der Waals surface area contributed by atoms with Crippen LogP contribution in [0.25, 0.3) is 143 Å². The molecule has 1 aliphatic carbocycles. The highest BCUT2D eigenvalue weighted by atomic mass is 15.1. The van der Waals surface area contributed by atoms with Gasteiger partial charge in [0.05, 0.1) is 61.2 Å². The molecule has 12 aromatic carbocycles. The molecule has 16 aromatic rings. The van der Waals surface area contributed by atoms with Crippen molar-refractivity contribution in [2.24, 2.45) is 0 Å². The number of hydrogen-bond acceptors (Lipinski definition) is 2. The first-order valence-corrected chi connectivity index (χ1v) is 27.6. The first-order valence-electron chi connectivity index (χ1n) is 27.6. The fraction of sp³-hybridized carbons (Fsp3) is 0.0400. The van der Waals surface area contributed by atoms with E-state index in [0.717, 1.165) is 115 Å². The molecule has 0 saturated carbocycles. The van der Waals surface area contributed by atoms with Gasteiger partial charge in [-0.2, -0.15) is 10.5 Å². The largest absolute Gasteiger partial charge is 0.309 e. The predicted octanol–water partition coefficient (Wildman–Crippen LogP) is 18.9. The maximum Gasteiger partial charge on any atom is 0.104 e. The summed E-state index contributed by atoms with van der Waals surface area (Å²) in [5.74, 6) is 0. The molecule has 0 amide bonds. The van der Waals surface area contributed by atoms with Crippen LogP contribution in [0.1, 0.15) is 36.1 Å². The van der Waals surface area contributed by atoms with Crippen LogP contribution in [0.5, 0.6) is 0 Å². The van der Waals surface area contributed by atoms with Crippen molar-refractivity contribution in [1.29, 1.82) is 10.5 Å². The van der Waals surface area contributed by atoms with Gasteiger partial charge in [-0.25, -0.2) is 0 Å². The number of nitriles is 2. The second-order valence-electron chi connectivity index (χ2n) is 22.1. The van der Waals surface area contributed by atoms with Gasteiger partial charge < -0.3 is 18.3 Å². The molecule has 6 heteroatoms. The van der Waals surface area contributed by atoms with E-state index in [4.69, 9.17) is 0 Å². The molecule has 0 fully saturated rings. The fourth-order valence-electron chi connectivity index (χ4n) is 14.6. The van der Waals surface area contributed by atoms with E-state index in [0.29, 0.717) is 28.2 Å². The number of aromatic nitrogens is 4. The number of para-hydroxylation sites is 7. The van der Waals surface area contributed by atoms with Crippen molar-refractivity contribution in [3.8, 4) is 57.1 Å². The topological polar surface area (TPSA) is 67.3 Å². The van der Waals surface area contributed by atoms with Gasteiger partial charge in [-0.3, -0.25) is 0 Å². The smallest absolute Gasteiger partial charge is 0.104 e. The maximum absolute atomic E-state index is 12.8. The van der Waals surface area contributed by atoms with E-state index in [-0.39, 0.29) is 0 Å². The number of benzene rings is 12. The molecule has 376 valence electrons. The summed E-state index contributed by atoms with van der Waals surface area (Å²) in [6, 6.07) is 92.2. The molecule has 6 nitrogen and oxygen atoms in total. The quantitative estimate of drug-likeness (QED) is 0.172. The summed E-state index contributed by atoms with van der Waals surface area (Å²) in [5.41, 5.74) is 17.6. The van der Waals surface area contributed by atoms with E-state index >= 15 is 0 Å². The Morgan fingerprint density at radius 1 is 0.346 bits per heavy atom. The second-order valence-corrected chi connectivity index (χ2v) is 22.1. The predicted molar refractivity (Wildman–Crippen MR) is 334 cm³/mol. The van der Waals surface area contributed by atoms with Crippen LogP contribution in [-0.4, -0.2) is 18.3 Å². The number of rotatable bonds is 5. The highest BCUT2D eigenvalue weighted by molar-refractivity contribution is 6.32. The van der Waals surface area contributed by atoms with Crippen LogP contribution >= 0.6 is 0 Å². The van der Waals surface area contributed by atoms with Crippen LogP contribution in [0.3, 0.4) is 0 Å². The van der Waals surface area contributed by atoms with Gasteiger partial charge in [0.15, 0.2) is 0 Å². The van der Waals surface area contributed by atoms with Gasteiger partial charge in [0.25, 0.3) is 0 Å². The Hall–Kier alpha value is -10.9. The zero-order valence-corrected chi connectivity index (χ0v) is 44.3. The summed E-state index contributed by atoms with van der Waals surface area (Å²) in [6.07, 6.45) is 0. The van der Waals surface area contributed by atoms with E-state index < -0.39 is 5.41 Å². The van der Waals surface area contributed by atoms with Crippen molar-refractivity contribution in [3.05, 3.63) is 265 Å². The molecular formula is C75H46N6. The third-order valence-electron chi connectivity index (χ3n) is 17.7. The highest BCUT2D eigenvalue weighted by Crippen LogP contribution is 2.59. The van der Waals surface area contributed by atoms with Crippen molar-refractivity contribution < 1.29 is 0 Å². The first kappa shape index (κ1) is 45.1. The van der Waals surface area contributed by atoms with Crippen molar-refractivity contribution in [2.75, 3.05) is 0 Å². The molecule has 0 unspecified atom stereocenters. The molecule has 4 heterocycles. The molecule has 0 radical (unpaired) electrons. The molecule has 0 atom stereocenters. The molecule has 81 heavy (non-hydrogen) atoms. The second kappa shape index (κ2) is 16.6. The lowest BCUT2D eigenvalue weighted by Crippen LogP contribution is -2.16. The van der Waals surface area contributed by atoms with E-state index in [1.165, 1.54) is 22.3 Å². The van der Waals surface area contributed by atoms with Gasteiger partial charge in [0.1, 0.15) is 23.3 Å². The number of hydrogen-bond donors (Lipinski definition) is 0. The third kappa shape index (κ3) is 5.87. The molecule has 17 rings (SSSR count). The Bertz CT molecular complexity index is 5270. The van der Waals surface area contributed by atoms with Crippen LogP contribution in [0, 0.1) is 22.7 Å². The van der Waals surface area contributed by atoms with Crippen molar-refractivity contribution in [1.82, 2.24) is 18.3 Å². The Labute approximate surface area is 465 Å². The lowest BCUT2D eigenvalue weighted by atomic mass is 9.80. The summed E-state index contributed by atoms with van der Waals surface area (Å²) in [6.45, 7) is 4.73. The number of nitrogens with zero attached hydrogens (tertiary/aromatic N) is 6. The van der Waals surface area contributed by atoms with Crippen LogP contribution in [0.15, 0.2) is 243 Å². The minimum Gasteiger partial charge on any atom is -0.309 e. The molecular weight excluding hydrogens is 985 g/mol. The van der Waals surface area contributed by atoms with Crippen molar-refractivity contribution in [2.45, 2.75) is 19.3 Å². The minimum absolute atomic E-state index is 0.386. The molecule has 0 aliphatic heterocycles. The summed E-state index contributed by atoms with van der Waals surface area (Å²) in [4.78, 5) is 0. The van der Waals surface area contributed by atoms with E-state index in [9.17, 15) is 10.5 Å². The fourth-order valence-corrected chi connectivity index (χ4v) is 14.6. The summed E-state index contributed by atoms with van der Waals surface area (Å²) >= 11 is 0. The lowest BCUT2D eigenvalue weighted by molar-refractivity contribution is 0.667. The Balaban J connectivity index is 1.19. The summed E-state index contributed by atoms with van der Waals surface area (Å²) < 4.78 is 9.43. The molecule has 4 aromatic heterocycles. The van der Waals surface area contributed by atoms with Gasteiger partial charge >= 0.3 is 0 Å². The molecule has 0 saturated heterocycles. The minimum atomic E-state index is -0.469. The van der Waals surface area contributed by atoms with E-state index in [1.54, 1.807) is 0 Å². The first-order chi connectivity index (χ1) is 40.0. The average Bonchev–Trinajstić information content (AvgIpc) is 2.28. The molecule has 1 aliphatic rings. The molecule has 0 N–H and O–H groups in total. The third-order valence-corrected chi connectivity index (χ3v) is 17.7. The Kier molecular flexibility index (Phi) is 9.22. The SMILES string of the molecule is CC1(C)c2ccccc2-c2c1c1c3ccccc3n(-c3c(C#N)c(-n4c5ccccc5c5ccccc54)c(-c4ccc5ccccc5c4)c(-n4c5ccccc5c5ccccc54)c3C#N)c1c1c3ccccc3n(-c3ccccc3)c21. The monoisotopic (exact) mass is 1030 g/mol. The maximum atomic E-state index is 12.8. The molecule has 0 bridgehead atoms. The zero-order chi connectivity index (χ0) is 53.8. The van der Waals surface area contributed by atoms with E-state index in [2.05, 4.69) is 287 Å². The Morgan fingerprint density at radius 3 is 1.32 bits per heavy atom. The van der Waals surface area contributed by atoms with Gasteiger partial charge in [0, 0.05) is 65.3 Å². The summed E-state index contributed by atoms with van der Waals surface area (Å²) in [7, 11) is 0. The molecule has 0 spiro atoms. The van der Waals surface area contributed by atoms with Crippen molar-refractivity contribution in [3.63, 3.8) is 0 Å². The van der Waals surface area contributed by atoms with Crippen molar-refractivity contribution >= 4 is 98.0 Å². The van der Waals surface area contributed by atoms with Crippen LogP contribution < -0.4 is 0 Å². The standard InChI is InChI=1S/C75H46N6/c1-75(2)58-33-15-8-30-53(58)66-69(75)67-54-31-13-21-39-64(54)81(74(67)68-55-32-14-20-38-63(55)78(73(66)68)48-24-4-3-5-25-48)70-56(43-76)71(79-59-34-16-9-26-49(59)50-27-10-17-35-60(50)79)65(47-41-40-45-22-6-7-23-46(45)42-47)72(57(70)44-77)80-61-36-18-11-28-51(61)52-29-12-19-37-62(52)80/h3-42H,1-2H3. The highest BCUT2D eigenvalue weighted by Gasteiger charge is 2.43. The zero-order valence-electron chi connectivity index (χ0n) is 44.3. The Morgan fingerprint density at radius 2 is 0.778 bits per heavy atom.